The van der Waals surface area contributed by atoms with Crippen molar-refractivity contribution in [2.45, 2.75) is 31.6 Å². The third-order valence-corrected chi connectivity index (χ3v) is 3.83. The highest BCUT2D eigenvalue weighted by molar-refractivity contribution is 5.38. The summed E-state index contributed by atoms with van der Waals surface area (Å²) < 4.78 is 15.9. The van der Waals surface area contributed by atoms with E-state index in [1.165, 1.54) is 0 Å². The van der Waals surface area contributed by atoms with E-state index >= 15 is 0 Å². The molecule has 1 aromatic rings. The molecule has 0 aliphatic carbocycles. The molecular formula is C15H23NO4. The number of nitrogens with one attached hydrogen (secondary N) is 1. The van der Waals surface area contributed by atoms with Crippen LogP contribution in [0.15, 0.2) is 18.2 Å². The number of benzene rings is 1. The first kappa shape index (κ1) is 15.1. The van der Waals surface area contributed by atoms with Crippen LogP contribution >= 0.6 is 0 Å². The summed E-state index contributed by atoms with van der Waals surface area (Å²) in [6, 6.07) is 5.74. The van der Waals surface area contributed by atoms with Gasteiger partial charge in [0.1, 0.15) is 17.1 Å². The van der Waals surface area contributed by atoms with Crippen molar-refractivity contribution in [1.29, 1.82) is 0 Å². The molecule has 112 valence electrons. The van der Waals surface area contributed by atoms with Gasteiger partial charge in [0.15, 0.2) is 0 Å². The van der Waals surface area contributed by atoms with Crippen LogP contribution < -0.4 is 14.8 Å². The Balaban J connectivity index is 1.93. The Kier molecular flexibility index (Phi) is 4.86. The van der Waals surface area contributed by atoms with Gasteiger partial charge >= 0.3 is 0 Å². The Hall–Kier alpha value is -1.30. The average Bonchev–Trinajstić information content (AvgIpc) is 2.78. The van der Waals surface area contributed by atoms with Crippen molar-refractivity contribution in [3.8, 4) is 11.5 Å². The van der Waals surface area contributed by atoms with Crippen molar-refractivity contribution < 1.29 is 19.3 Å². The van der Waals surface area contributed by atoms with Crippen LogP contribution in [0.4, 0.5) is 0 Å². The Bertz CT molecular complexity index is 429. The zero-order chi connectivity index (χ0) is 14.6. The monoisotopic (exact) mass is 281 g/mol. The Labute approximate surface area is 119 Å². The number of methoxy groups -OCH3 is 2. The van der Waals surface area contributed by atoms with Gasteiger partial charge in [0.2, 0.25) is 0 Å². The molecule has 5 heteroatoms. The molecule has 1 heterocycles. The summed E-state index contributed by atoms with van der Waals surface area (Å²) >= 11 is 0. The van der Waals surface area contributed by atoms with Crippen LogP contribution in [0.3, 0.4) is 0 Å². The Morgan fingerprint density at radius 3 is 2.45 bits per heavy atom. The van der Waals surface area contributed by atoms with E-state index in [2.05, 4.69) is 5.32 Å². The van der Waals surface area contributed by atoms with E-state index in [1.54, 1.807) is 14.2 Å². The van der Waals surface area contributed by atoms with Crippen molar-refractivity contribution in [3.63, 3.8) is 0 Å². The van der Waals surface area contributed by atoms with E-state index < -0.39 is 5.60 Å². The summed E-state index contributed by atoms with van der Waals surface area (Å²) in [4.78, 5) is 0. The van der Waals surface area contributed by atoms with E-state index in [-0.39, 0.29) is 6.10 Å². The molecule has 1 aliphatic heterocycles. The second-order valence-corrected chi connectivity index (χ2v) is 5.19. The quantitative estimate of drug-likeness (QED) is 0.824. The van der Waals surface area contributed by atoms with E-state index in [9.17, 15) is 5.11 Å². The van der Waals surface area contributed by atoms with E-state index in [0.29, 0.717) is 26.1 Å². The predicted molar refractivity (Wildman–Crippen MR) is 76.2 cm³/mol. The van der Waals surface area contributed by atoms with Crippen LogP contribution in [0.1, 0.15) is 18.9 Å². The second-order valence-electron chi connectivity index (χ2n) is 5.19. The van der Waals surface area contributed by atoms with Crippen molar-refractivity contribution >= 4 is 0 Å². The van der Waals surface area contributed by atoms with Gasteiger partial charge in [-0.3, -0.25) is 0 Å². The first-order valence-corrected chi connectivity index (χ1v) is 6.84. The smallest absolute Gasteiger partial charge is 0.122 e. The zero-order valence-electron chi connectivity index (χ0n) is 12.3. The van der Waals surface area contributed by atoms with Gasteiger partial charge in [0.25, 0.3) is 0 Å². The fourth-order valence-corrected chi connectivity index (χ4v) is 2.39. The number of hydrogen-bond acceptors (Lipinski definition) is 5. The highest BCUT2D eigenvalue weighted by atomic mass is 16.5. The lowest BCUT2D eigenvalue weighted by Gasteiger charge is -2.26. The summed E-state index contributed by atoms with van der Waals surface area (Å²) in [7, 11) is 3.26. The molecule has 1 fully saturated rings. The summed E-state index contributed by atoms with van der Waals surface area (Å²) in [5.74, 6) is 1.52. The molecule has 0 radical (unpaired) electrons. The number of hydrogen-bond donors (Lipinski definition) is 2. The molecule has 0 saturated carbocycles. The van der Waals surface area contributed by atoms with Gasteiger partial charge in [0.05, 0.1) is 20.3 Å². The molecule has 1 saturated heterocycles. The van der Waals surface area contributed by atoms with Crippen LogP contribution in [-0.2, 0) is 11.3 Å². The van der Waals surface area contributed by atoms with Crippen LogP contribution in [-0.4, -0.2) is 44.2 Å². The topological polar surface area (TPSA) is 60.0 Å². The van der Waals surface area contributed by atoms with Crippen molar-refractivity contribution in [2.75, 3.05) is 27.4 Å². The maximum absolute atomic E-state index is 10.4. The van der Waals surface area contributed by atoms with Crippen LogP contribution in [0.2, 0.25) is 0 Å². The van der Waals surface area contributed by atoms with Crippen molar-refractivity contribution in [3.05, 3.63) is 23.8 Å². The van der Waals surface area contributed by atoms with Crippen LogP contribution in [0.25, 0.3) is 0 Å². The minimum absolute atomic E-state index is 0.130. The maximum atomic E-state index is 10.4. The molecule has 1 aromatic carbocycles. The molecule has 0 spiro atoms. The van der Waals surface area contributed by atoms with Gasteiger partial charge in [-0.05, 0) is 24.6 Å². The first-order chi connectivity index (χ1) is 9.57. The normalized spacial score (nSPS) is 25.7. The molecule has 0 amide bonds. The van der Waals surface area contributed by atoms with Crippen LogP contribution in [0.5, 0.6) is 11.5 Å². The number of ether oxygens (including phenoxy) is 3. The Morgan fingerprint density at radius 2 is 1.95 bits per heavy atom. The van der Waals surface area contributed by atoms with Crippen molar-refractivity contribution in [1.82, 2.24) is 5.32 Å². The molecular weight excluding hydrogens is 258 g/mol. The zero-order valence-corrected chi connectivity index (χ0v) is 12.3. The third-order valence-electron chi connectivity index (χ3n) is 3.83. The molecule has 1 aliphatic rings. The van der Waals surface area contributed by atoms with E-state index in [4.69, 9.17) is 14.2 Å². The molecule has 20 heavy (non-hydrogen) atoms. The molecule has 5 nitrogen and oxygen atoms in total. The van der Waals surface area contributed by atoms with Gasteiger partial charge in [-0.25, -0.2) is 0 Å². The van der Waals surface area contributed by atoms with Gasteiger partial charge in [-0.1, -0.05) is 0 Å². The van der Waals surface area contributed by atoms with Gasteiger partial charge in [0, 0.05) is 32.2 Å². The minimum atomic E-state index is -0.775. The van der Waals surface area contributed by atoms with Gasteiger partial charge < -0.3 is 24.6 Å². The molecule has 0 bridgehead atoms. The molecule has 0 aromatic heterocycles. The number of aliphatic hydroxyl groups is 1. The van der Waals surface area contributed by atoms with Gasteiger partial charge in [-0.15, -0.1) is 0 Å². The lowest BCUT2D eigenvalue weighted by molar-refractivity contribution is -0.0262. The maximum Gasteiger partial charge on any atom is 0.122 e. The number of rotatable bonds is 6. The molecule has 2 unspecified atom stereocenters. The highest BCUT2D eigenvalue weighted by Gasteiger charge is 2.38. The predicted octanol–water partition coefficient (Wildman–Crippen LogP) is 1.33. The SMILES string of the molecule is COc1cc(CNCC2(O)CCOC2C)cc(OC)c1. The standard InChI is InChI=1S/C15H23NO4/c1-11-15(17,4-5-20-11)10-16-9-12-6-13(18-2)8-14(7-12)19-3/h6-8,11,16-17H,4-5,9-10H2,1-3H3. The molecule has 2 rings (SSSR count). The van der Waals surface area contributed by atoms with Crippen LogP contribution in [0, 0.1) is 0 Å². The molecule has 2 atom stereocenters. The lowest BCUT2D eigenvalue weighted by Crippen LogP contribution is -2.45. The Morgan fingerprint density at radius 1 is 1.30 bits per heavy atom. The summed E-state index contributed by atoms with van der Waals surface area (Å²) in [6.07, 6.45) is 0.539. The first-order valence-electron chi connectivity index (χ1n) is 6.84. The second kappa shape index (κ2) is 6.43. The lowest BCUT2D eigenvalue weighted by atomic mass is 9.96. The largest absolute Gasteiger partial charge is 0.497 e. The van der Waals surface area contributed by atoms with E-state index in [1.807, 2.05) is 25.1 Å². The highest BCUT2D eigenvalue weighted by Crippen LogP contribution is 2.25. The third kappa shape index (κ3) is 3.42. The molecule has 2 N–H and O–H groups in total. The van der Waals surface area contributed by atoms with E-state index in [0.717, 1.165) is 17.1 Å². The summed E-state index contributed by atoms with van der Waals surface area (Å²) in [5, 5.41) is 13.7. The minimum Gasteiger partial charge on any atom is -0.497 e. The average molecular weight is 281 g/mol. The fraction of sp³-hybridized carbons (Fsp3) is 0.600. The summed E-state index contributed by atoms with van der Waals surface area (Å²) in [6.45, 7) is 3.67. The fourth-order valence-electron chi connectivity index (χ4n) is 2.39. The summed E-state index contributed by atoms with van der Waals surface area (Å²) in [5.41, 5.74) is 0.277. The van der Waals surface area contributed by atoms with Gasteiger partial charge in [-0.2, -0.15) is 0 Å². The van der Waals surface area contributed by atoms with Crippen molar-refractivity contribution in [2.24, 2.45) is 0 Å².